The first-order valence-electron chi connectivity index (χ1n) is 6.23. The number of rotatable bonds is 5. The average molecular weight is 343 g/mol. The molecule has 0 saturated carbocycles. The summed E-state index contributed by atoms with van der Waals surface area (Å²) in [5.74, 6) is 0.0195. The van der Waals surface area contributed by atoms with Gasteiger partial charge in [-0.15, -0.1) is 0 Å². The number of nitrogens with one attached hydrogen (secondary N) is 1. The molecule has 7 nitrogen and oxygen atoms in total. The molecule has 0 aliphatic heterocycles. The number of nitro groups is 1. The van der Waals surface area contributed by atoms with E-state index >= 15 is 0 Å². The van der Waals surface area contributed by atoms with E-state index in [2.05, 4.69) is 5.32 Å². The van der Waals surface area contributed by atoms with Gasteiger partial charge in [0.25, 0.3) is 0 Å². The van der Waals surface area contributed by atoms with Crippen molar-refractivity contribution < 1.29 is 14.5 Å². The third kappa shape index (κ3) is 4.85. The number of carbonyl (C=O) groups excluding carboxylic acids is 1. The van der Waals surface area contributed by atoms with Crippen molar-refractivity contribution in [3.05, 3.63) is 27.8 Å². The smallest absolute Gasteiger partial charge is 0.311 e. The topological polar surface area (TPSA) is 84.7 Å². The van der Waals surface area contributed by atoms with E-state index in [9.17, 15) is 14.9 Å². The number of ether oxygens (including phenoxy) is 1. The van der Waals surface area contributed by atoms with Crippen molar-refractivity contribution in [3.63, 3.8) is 0 Å². The number of anilines is 1. The van der Waals surface area contributed by atoms with E-state index < -0.39 is 4.92 Å². The summed E-state index contributed by atoms with van der Waals surface area (Å²) in [6, 6.07) is 2.81. The normalized spacial score (nSPS) is 10.0. The number of thioether (sulfide) groups is 1. The average Bonchev–Trinajstić information content (AvgIpc) is 2.45. The number of hydrogen-bond acceptors (Lipinski definition) is 6. The van der Waals surface area contributed by atoms with E-state index in [-0.39, 0.29) is 23.1 Å². The Kier molecular flexibility index (Phi) is 6.57. The predicted octanol–water partition coefficient (Wildman–Crippen LogP) is 2.43. The Morgan fingerprint density at radius 1 is 1.50 bits per heavy atom. The van der Waals surface area contributed by atoms with Crippen molar-refractivity contribution in [1.29, 1.82) is 0 Å². The minimum Gasteiger partial charge on any atom is -0.490 e. The number of hydrogen-bond donors (Lipinski definition) is 1. The Balaban J connectivity index is 2.83. The summed E-state index contributed by atoms with van der Waals surface area (Å²) < 4.78 is 5.59. The van der Waals surface area contributed by atoms with Crippen LogP contribution >= 0.6 is 24.0 Å². The van der Waals surface area contributed by atoms with Crippen molar-refractivity contribution in [1.82, 2.24) is 4.90 Å². The predicted molar refractivity (Wildman–Crippen MR) is 91.8 cm³/mol. The molecule has 0 atom stereocenters. The summed E-state index contributed by atoms with van der Waals surface area (Å²) in [4.78, 5) is 24.1. The third-order valence-electron chi connectivity index (χ3n) is 2.69. The van der Waals surface area contributed by atoms with Crippen LogP contribution in [0.15, 0.2) is 12.1 Å². The van der Waals surface area contributed by atoms with Gasteiger partial charge < -0.3 is 15.0 Å². The van der Waals surface area contributed by atoms with Gasteiger partial charge in [-0.2, -0.15) is 0 Å². The summed E-state index contributed by atoms with van der Waals surface area (Å²) in [6.07, 6.45) is 0. The number of amides is 1. The van der Waals surface area contributed by atoms with E-state index in [1.54, 1.807) is 25.9 Å². The number of nitrogens with zero attached hydrogens (tertiary/aromatic N) is 2. The van der Waals surface area contributed by atoms with Gasteiger partial charge in [0.2, 0.25) is 5.91 Å². The molecule has 1 N–H and O–H groups in total. The summed E-state index contributed by atoms with van der Waals surface area (Å²) in [7, 11) is 4.95. The summed E-state index contributed by atoms with van der Waals surface area (Å²) in [6.45, 7) is 1.68. The van der Waals surface area contributed by atoms with E-state index in [0.717, 1.165) is 0 Å². The number of thiocarbonyl (C=S) groups is 1. The first kappa shape index (κ1) is 18.2. The van der Waals surface area contributed by atoms with Crippen LogP contribution in [-0.2, 0) is 4.79 Å². The molecular formula is C13H17N3O4S2. The molecular weight excluding hydrogens is 326 g/mol. The Bertz CT molecular complexity index is 605. The molecule has 0 saturated heterocycles. The second-order valence-corrected chi connectivity index (χ2v) is 6.20. The largest absolute Gasteiger partial charge is 0.490 e. The zero-order chi connectivity index (χ0) is 16.9. The van der Waals surface area contributed by atoms with E-state index in [1.165, 1.54) is 31.0 Å². The molecule has 0 fully saturated rings. The Morgan fingerprint density at radius 2 is 2.14 bits per heavy atom. The zero-order valence-corrected chi connectivity index (χ0v) is 14.3. The molecule has 1 rings (SSSR count). The lowest BCUT2D eigenvalue weighted by Crippen LogP contribution is -2.21. The summed E-state index contributed by atoms with van der Waals surface area (Å²) >= 11 is 6.33. The second-order valence-electron chi connectivity index (χ2n) is 4.59. The van der Waals surface area contributed by atoms with Gasteiger partial charge in [-0.25, -0.2) is 0 Å². The van der Waals surface area contributed by atoms with Gasteiger partial charge >= 0.3 is 5.69 Å². The maximum absolute atomic E-state index is 11.9. The molecule has 0 heterocycles. The molecule has 1 aromatic rings. The van der Waals surface area contributed by atoms with Crippen molar-refractivity contribution >= 4 is 45.6 Å². The third-order valence-corrected chi connectivity index (χ3v) is 4.43. The molecule has 0 aliphatic carbocycles. The van der Waals surface area contributed by atoms with Crippen LogP contribution in [0.2, 0.25) is 0 Å². The van der Waals surface area contributed by atoms with Crippen LogP contribution < -0.4 is 10.1 Å². The molecule has 0 aromatic heterocycles. The van der Waals surface area contributed by atoms with Crippen LogP contribution in [0.1, 0.15) is 5.56 Å². The highest BCUT2D eigenvalue weighted by atomic mass is 32.2. The van der Waals surface area contributed by atoms with Crippen LogP contribution in [0, 0.1) is 17.0 Å². The van der Waals surface area contributed by atoms with Crippen LogP contribution in [-0.4, -0.2) is 47.0 Å². The highest BCUT2D eigenvalue weighted by Gasteiger charge is 2.18. The van der Waals surface area contributed by atoms with Gasteiger partial charge in [-0.05, 0) is 12.5 Å². The molecule has 9 heteroatoms. The monoisotopic (exact) mass is 343 g/mol. The lowest BCUT2D eigenvalue weighted by molar-refractivity contribution is -0.385. The molecule has 1 amide bonds. The van der Waals surface area contributed by atoms with E-state index in [1.807, 2.05) is 0 Å². The minimum absolute atomic E-state index is 0.0994. The Labute approximate surface area is 138 Å². The van der Waals surface area contributed by atoms with Gasteiger partial charge in [0.1, 0.15) is 4.32 Å². The summed E-state index contributed by atoms with van der Waals surface area (Å²) in [5, 5.41) is 13.6. The number of nitro benzene ring substituents is 1. The van der Waals surface area contributed by atoms with Crippen molar-refractivity contribution in [2.45, 2.75) is 6.92 Å². The molecule has 0 spiro atoms. The van der Waals surface area contributed by atoms with Crippen molar-refractivity contribution in [2.75, 3.05) is 32.3 Å². The highest BCUT2D eigenvalue weighted by molar-refractivity contribution is 8.23. The molecule has 22 heavy (non-hydrogen) atoms. The number of benzene rings is 1. The Morgan fingerprint density at radius 3 is 2.64 bits per heavy atom. The SMILES string of the molecule is COc1cc(NC(=O)CSC(=S)N(C)C)c(C)cc1[N+](=O)[O-]. The van der Waals surface area contributed by atoms with E-state index in [4.69, 9.17) is 17.0 Å². The molecule has 1 aromatic carbocycles. The number of carbonyl (C=O) groups is 1. The summed E-state index contributed by atoms with van der Waals surface area (Å²) in [5.41, 5.74) is 0.922. The fourth-order valence-corrected chi connectivity index (χ4v) is 2.32. The van der Waals surface area contributed by atoms with Crippen LogP contribution in [0.3, 0.4) is 0 Å². The minimum atomic E-state index is -0.525. The second kappa shape index (κ2) is 7.95. The lowest BCUT2D eigenvalue weighted by Gasteiger charge is -2.13. The standard InChI is InChI=1S/C13H17N3O4S2/c1-8-5-10(16(18)19)11(20-4)6-9(8)14-12(17)7-22-13(21)15(2)3/h5-6H,7H2,1-4H3,(H,14,17). The molecule has 0 unspecified atom stereocenters. The van der Waals surface area contributed by atoms with Gasteiger partial charge in [0.15, 0.2) is 5.75 Å². The fourth-order valence-electron chi connectivity index (χ4n) is 1.56. The number of aryl methyl sites for hydroxylation is 1. The highest BCUT2D eigenvalue weighted by Crippen LogP contribution is 2.32. The zero-order valence-electron chi connectivity index (χ0n) is 12.7. The lowest BCUT2D eigenvalue weighted by atomic mass is 10.1. The van der Waals surface area contributed by atoms with Crippen LogP contribution in [0.4, 0.5) is 11.4 Å². The quantitative estimate of drug-likeness (QED) is 0.499. The van der Waals surface area contributed by atoms with Gasteiger partial charge in [0, 0.05) is 31.9 Å². The van der Waals surface area contributed by atoms with Crippen LogP contribution in [0.25, 0.3) is 0 Å². The molecule has 120 valence electrons. The maximum atomic E-state index is 11.9. The molecule has 0 radical (unpaired) electrons. The number of methoxy groups -OCH3 is 1. The van der Waals surface area contributed by atoms with Crippen molar-refractivity contribution in [3.8, 4) is 5.75 Å². The van der Waals surface area contributed by atoms with Crippen LogP contribution in [0.5, 0.6) is 5.75 Å². The Hall–Kier alpha value is -1.87. The maximum Gasteiger partial charge on any atom is 0.311 e. The van der Waals surface area contributed by atoms with E-state index in [0.29, 0.717) is 15.6 Å². The van der Waals surface area contributed by atoms with Gasteiger partial charge in [-0.1, -0.05) is 24.0 Å². The van der Waals surface area contributed by atoms with Gasteiger partial charge in [0.05, 0.1) is 17.8 Å². The van der Waals surface area contributed by atoms with Crippen molar-refractivity contribution in [2.24, 2.45) is 0 Å². The fraction of sp³-hybridized carbons (Fsp3) is 0.385. The first-order valence-corrected chi connectivity index (χ1v) is 7.62. The molecule has 0 bridgehead atoms. The molecule has 0 aliphatic rings. The van der Waals surface area contributed by atoms with Gasteiger partial charge in [-0.3, -0.25) is 14.9 Å². The first-order chi connectivity index (χ1) is 10.3.